The minimum absolute atomic E-state index is 0.153. The van der Waals surface area contributed by atoms with Crippen LogP contribution < -0.4 is 10.5 Å². The number of amides is 1. The maximum atomic E-state index is 11.7. The van der Waals surface area contributed by atoms with E-state index >= 15 is 0 Å². The molecule has 6 heteroatoms. The van der Waals surface area contributed by atoms with Gasteiger partial charge < -0.3 is 5.73 Å². The third kappa shape index (κ3) is 4.54. The van der Waals surface area contributed by atoms with Gasteiger partial charge in [0, 0.05) is 11.6 Å². The predicted molar refractivity (Wildman–Crippen MR) is 65.9 cm³/mol. The average Bonchev–Trinajstić information content (AvgIpc) is 2.14. The van der Waals surface area contributed by atoms with Crippen LogP contribution in [0.4, 0.5) is 0 Å². The van der Waals surface area contributed by atoms with Crippen molar-refractivity contribution in [2.45, 2.75) is 25.6 Å². The third-order valence-corrected chi connectivity index (χ3v) is 3.53. The summed E-state index contributed by atoms with van der Waals surface area (Å²) in [5, 5.41) is 0. The summed E-state index contributed by atoms with van der Waals surface area (Å²) in [6.07, 6.45) is 0. The zero-order chi connectivity index (χ0) is 13.1. The molecule has 0 aliphatic carbocycles. The summed E-state index contributed by atoms with van der Waals surface area (Å²) in [7, 11) is -3.38. The smallest absolute Gasteiger partial charge is 0.248 e. The predicted octanol–water partition coefficient (Wildman–Crippen LogP) is 0.613. The molecule has 1 rings (SSSR count). The first-order valence-corrected chi connectivity index (χ1v) is 6.84. The van der Waals surface area contributed by atoms with Crippen molar-refractivity contribution in [3.05, 3.63) is 35.4 Å². The van der Waals surface area contributed by atoms with Gasteiger partial charge in [-0.3, -0.25) is 4.79 Å². The quantitative estimate of drug-likeness (QED) is 0.809. The van der Waals surface area contributed by atoms with Crippen LogP contribution in [0.5, 0.6) is 0 Å². The second-order valence-electron chi connectivity index (χ2n) is 4.10. The highest BCUT2D eigenvalue weighted by Gasteiger charge is 2.13. The molecule has 0 bridgehead atoms. The topological polar surface area (TPSA) is 89.3 Å². The Bertz CT molecular complexity index is 509. The van der Waals surface area contributed by atoms with E-state index in [-0.39, 0.29) is 11.8 Å². The van der Waals surface area contributed by atoms with Crippen molar-refractivity contribution in [2.24, 2.45) is 5.73 Å². The minimum Gasteiger partial charge on any atom is -0.366 e. The van der Waals surface area contributed by atoms with Gasteiger partial charge in [-0.05, 0) is 31.5 Å². The van der Waals surface area contributed by atoms with Crippen molar-refractivity contribution in [1.29, 1.82) is 0 Å². The number of rotatable bonds is 5. The molecule has 0 spiro atoms. The molecular weight excluding hydrogens is 240 g/mol. The molecule has 0 aliphatic rings. The van der Waals surface area contributed by atoms with E-state index in [1.165, 1.54) is 6.07 Å². The molecule has 0 unspecified atom stereocenters. The Balaban J connectivity index is 2.89. The molecule has 0 saturated carbocycles. The van der Waals surface area contributed by atoms with Gasteiger partial charge in [-0.25, -0.2) is 13.1 Å². The van der Waals surface area contributed by atoms with Gasteiger partial charge in [-0.1, -0.05) is 12.1 Å². The maximum Gasteiger partial charge on any atom is 0.248 e. The number of hydrogen-bond donors (Lipinski definition) is 2. The molecule has 3 N–H and O–H groups in total. The molecule has 0 aliphatic heterocycles. The largest absolute Gasteiger partial charge is 0.366 e. The molecule has 0 heterocycles. The monoisotopic (exact) mass is 256 g/mol. The first-order chi connectivity index (χ1) is 7.80. The summed E-state index contributed by atoms with van der Waals surface area (Å²) >= 11 is 0. The van der Waals surface area contributed by atoms with Gasteiger partial charge in [0.05, 0.1) is 5.75 Å². The number of nitrogens with one attached hydrogen (secondary N) is 1. The van der Waals surface area contributed by atoms with E-state index in [2.05, 4.69) is 4.72 Å². The van der Waals surface area contributed by atoms with E-state index in [4.69, 9.17) is 5.73 Å². The summed E-state index contributed by atoms with van der Waals surface area (Å²) < 4.78 is 25.8. The Kier molecular flexibility index (Phi) is 4.25. The highest BCUT2D eigenvalue weighted by Crippen LogP contribution is 2.08. The lowest BCUT2D eigenvalue weighted by atomic mass is 10.1. The van der Waals surface area contributed by atoms with Crippen molar-refractivity contribution in [1.82, 2.24) is 4.72 Å². The van der Waals surface area contributed by atoms with E-state index in [0.717, 1.165) is 0 Å². The highest BCUT2D eigenvalue weighted by molar-refractivity contribution is 7.88. The van der Waals surface area contributed by atoms with Crippen LogP contribution >= 0.6 is 0 Å². The lowest BCUT2D eigenvalue weighted by molar-refractivity contribution is 0.1000. The average molecular weight is 256 g/mol. The SMILES string of the molecule is CC(C)NS(=O)(=O)Cc1cccc(C(N)=O)c1. The van der Waals surface area contributed by atoms with Crippen molar-refractivity contribution < 1.29 is 13.2 Å². The van der Waals surface area contributed by atoms with Crippen LogP contribution in [0, 0.1) is 0 Å². The van der Waals surface area contributed by atoms with Gasteiger partial charge in [0.1, 0.15) is 0 Å². The van der Waals surface area contributed by atoms with Crippen LogP contribution in [0.2, 0.25) is 0 Å². The Labute approximate surface area is 101 Å². The van der Waals surface area contributed by atoms with Crippen molar-refractivity contribution in [3.63, 3.8) is 0 Å². The maximum absolute atomic E-state index is 11.7. The molecule has 1 aromatic rings. The zero-order valence-electron chi connectivity index (χ0n) is 9.80. The number of carbonyl (C=O) groups excluding carboxylic acids is 1. The molecule has 0 saturated heterocycles. The summed E-state index contributed by atoms with van der Waals surface area (Å²) in [5.41, 5.74) is 5.97. The van der Waals surface area contributed by atoms with Gasteiger partial charge in [-0.2, -0.15) is 0 Å². The molecule has 0 atom stereocenters. The fraction of sp³-hybridized carbons (Fsp3) is 0.364. The molecule has 0 fully saturated rings. The Morgan fingerprint density at radius 1 is 1.41 bits per heavy atom. The number of nitrogens with two attached hydrogens (primary N) is 1. The number of benzene rings is 1. The molecular formula is C11H16N2O3S. The highest BCUT2D eigenvalue weighted by atomic mass is 32.2. The molecule has 0 aromatic heterocycles. The summed E-state index contributed by atoms with van der Waals surface area (Å²) in [6, 6.07) is 6.14. The normalized spacial score (nSPS) is 11.7. The van der Waals surface area contributed by atoms with Gasteiger partial charge in [0.25, 0.3) is 0 Å². The van der Waals surface area contributed by atoms with Crippen LogP contribution in [0.25, 0.3) is 0 Å². The molecule has 94 valence electrons. The van der Waals surface area contributed by atoms with Gasteiger partial charge in [0.15, 0.2) is 0 Å². The molecule has 1 amide bonds. The van der Waals surface area contributed by atoms with E-state index in [9.17, 15) is 13.2 Å². The first kappa shape index (κ1) is 13.7. The van der Waals surface area contributed by atoms with Gasteiger partial charge >= 0.3 is 0 Å². The Morgan fingerprint density at radius 2 is 2.06 bits per heavy atom. The molecule has 17 heavy (non-hydrogen) atoms. The second-order valence-corrected chi connectivity index (χ2v) is 5.85. The van der Waals surface area contributed by atoms with Crippen LogP contribution in [-0.2, 0) is 15.8 Å². The lowest BCUT2D eigenvalue weighted by Gasteiger charge is -2.09. The van der Waals surface area contributed by atoms with E-state index < -0.39 is 15.9 Å². The van der Waals surface area contributed by atoms with Crippen LogP contribution in [-0.4, -0.2) is 20.4 Å². The number of sulfonamides is 1. The second kappa shape index (κ2) is 5.29. The third-order valence-electron chi connectivity index (χ3n) is 1.98. The minimum atomic E-state index is -3.38. The summed E-state index contributed by atoms with van der Waals surface area (Å²) in [5.74, 6) is -0.729. The zero-order valence-corrected chi connectivity index (χ0v) is 10.6. The van der Waals surface area contributed by atoms with Crippen molar-refractivity contribution in [3.8, 4) is 0 Å². The van der Waals surface area contributed by atoms with Crippen LogP contribution in [0.3, 0.4) is 0 Å². The van der Waals surface area contributed by atoms with Crippen molar-refractivity contribution in [2.75, 3.05) is 0 Å². The molecule has 1 aromatic carbocycles. The number of carbonyl (C=O) groups is 1. The van der Waals surface area contributed by atoms with E-state index in [0.29, 0.717) is 11.1 Å². The fourth-order valence-corrected chi connectivity index (χ4v) is 2.85. The fourth-order valence-electron chi connectivity index (χ4n) is 1.43. The number of primary amides is 1. The summed E-state index contributed by atoms with van der Waals surface area (Å²) in [6.45, 7) is 3.49. The molecule has 0 radical (unpaired) electrons. The van der Waals surface area contributed by atoms with Gasteiger partial charge in [-0.15, -0.1) is 0 Å². The van der Waals surface area contributed by atoms with E-state index in [1.54, 1.807) is 32.0 Å². The first-order valence-electron chi connectivity index (χ1n) is 5.19. The summed E-state index contributed by atoms with van der Waals surface area (Å²) in [4.78, 5) is 11.0. The van der Waals surface area contributed by atoms with E-state index in [1.807, 2.05) is 0 Å². The Morgan fingerprint density at radius 3 is 2.59 bits per heavy atom. The van der Waals surface area contributed by atoms with Crippen LogP contribution in [0.1, 0.15) is 29.8 Å². The molecule has 5 nitrogen and oxygen atoms in total. The van der Waals surface area contributed by atoms with Crippen LogP contribution in [0.15, 0.2) is 24.3 Å². The lowest BCUT2D eigenvalue weighted by Crippen LogP contribution is -2.31. The van der Waals surface area contributed by atoms with Crippen molar-refractivity contribution >= 4 is 15.9 Å². The van der Waals surface area contributed by atoms with Gasteiger partial charge in [0.2, 0.25) is 15.9 Å². The standard InChI is InChI=1S/C11H16N2O3S/c1-8(2)13-17(15,16)7-9-4-3-5-10(6-9)11(12)14/h3-6,8,13H,7H2,1-2H3,(H2,12,14). The number of hydrogen-bond acceptors (Lipinski definition) is 3. The Hall–Kier alpha value is -1.40.